The highest BCUT2D eigenvalue weighted by Crippen LogP contribution is 2.18. The van der Waals surface area contributed by atoms with Crippen LogP contribution in [0.15, 0.2) is 60.4 Å². The van der Waals surface area contributed by atoms with E-state index in [2.05, 4.69) is 63.3 Å². The van der Waals surface area contributed by atoms with E-state index in [9.17, 15) is 0 Å². The Morgan fingerprint density at radius 2 is 1.94 bits per heavy atom. The maximum atomic E-state index is 4.06. The fraction of sp³-hybridized carbons (Fsp3) is 0.412. The van der Waals surface area contributed by atoms with Crippen LogP contribution in [0.1, 0.15) is 34.1 Å². The van der Waals surface area contributed by atoms with E-state index in [1.54, 1.807) is 0 Å². The number of likely N-dealkylation sites (N-methyl/N-ethyl adjacent to an activating group) is 1. The van der Waals surface area contributed by atoms with Crippen LogP contribution in [-0.2, 0) is 0 Å². The molecule has 0 radical (unpaired) electrons. The molecule has 1 unspecified atom stereocenters. The highest BCUT2D eigenvalue weighted by atomic mass is 15.1. The third kappa shape index (κ3) is 4.79. The number of hydrogen-bond donors (Lipinski definition) is 0. The molecule has 0 fully saturated rings. The van der Waals surface area contributed by atoms with Gasteiger partial charge in [-0.25, -0.2) is 0 Å². The minimum atomic E-state index is 0.300. The molecule has 0 bridgehead atoms. The zero-order valence-corrected chi connectivity index (χ0v) is 12.5. The highest BCUT2D eigenvalue weighted by molar-refractivity contribution is 5.33. The Hall–Kier alpha value is -1.50. The zero-order chi connectivity index (χ0) is 14.1. The molecule has 0 spiro atoms. The molecule has 100 valence electrons. The molecule has 1 nitrogen and oxygen atoms in total. The van der Waals surface area contributed by atoms with Crippen LogP contribution in [0.5, 0.6) is 0 Å². The van der Waals surface area contributed by atoms with Gasteiger partial charge in [0, 0.05) is 12.7 Å². The average molecular weight is 245 g/mol. The monoisotopic (exact) mass is 245 g/mol. The Morgan fingerprint density at radius 3 is 2.33 bits per heavy atom. The van der Waals surface area contributed by atoms with Crippen LogP contribution in [0.3, 0.4) is 0 Å². The maximum Gasteiger partial charge on any atom is 0.0510 e. The van der Waals surface area contributed by atoms with Crippen LogP contribution in [0, 0.1) is 0 Å². The van der Waals surface area contributed by atoms with Crippen molar-refractivity contribution < 1.29 is 0 Å². The molecule has 0 amide bonds. The quantitative estimate of drug-likeness (QED) is 0.579. The van der Waals surface area contributed by atoms with Gasteiger partial charge in [-0.3, -0.25) is 0 Å². The lowest BCUT2D eigenvalue weighted by atomic mass is 10.0. The molecule has 0 aliphatic heterocycles. The molecule has 0 aliphatic rings. The van der Waals surface area contributed by atoms with Crippen molar-refractivity contribution in [3.8, 4) is 0 Å². The summed E-state index contributed by atoms with van der Waals surface area (Å²) in [5.41, 5.74) is 3.57. The van der Waals surface area contributed by atoms with Crippen LogP contribution < -0.4 is 0 Å². The standard InChI is InChI=1S/C17H27N/c1-8-12-16(13-14(5)9-2)15(6)18(7)17(10-3)11-4/h8,10-13,15H,3,5,9H2,1-2,4,6-7H3/b12-8-,16-13+,17-11-. The minimum absolute atomic E-state index is 0.300. The molecule has 0 aromatic heterocycles. The van der Waals surface area contributed by atoms with Gasteiger partial charge < -0.3 is 4.90 Å². The van der Waals surface area contributed by atoms with E-state index in [1.807, 2.05) is 19.9 Å². The molecule has 0 aromatic rings. The van der Waals surface area contributed by atoms with Gasteiger partial charge in [0.25, 0.3) is 0 Å². The van der Waals surface area contributed by atoms with Crippen LogP contribution in [0.4, 0.5) is 0 Å². The first kappa shape index (κ1) is 16.5. The summed E-state index contributed by atoms with van der Waals surface area (Å²) in [6, 6.07) is 0.300. The summed E-state index contributed by atoms with van der Waals surface area (Å²) in [5, 5.41) is 0. The molecule has 0 saturated heterocycles. The third-order valence-corrected chi connectivity index (χ3v) is 3.16. The van der Waals surface area contributed by atoms with Gasteiger partial charge in [0.1, 0.15) is 0 Å². The molecule has 1 atom stereocenters. The molecule has 0 aliphatic carbocycles. The Morgan fingerprint density at radius 1 is 1.33 bits per heavy atom. The van der Waals surface area contributed by atoms with Gasteiger partial charge in [0.05, 0.1) is 6.04 Å². The fourth-order valence-corrected chi connectivity index (χ4v) is 1.75. The van der Waals surface area contributed by atoms with Gasteiger partial charge in [0.15, 0.2) is 0 Å². The summed E-state index contributed by atoms with van der Waals surface area (Å²) >= 11 is 0. The molecule has 0 N–H and O–H groups in total. The van der Waals surface area contributed by atoms with Crippen molar-refractivity contribution in [1.29, 1.82) is 0 Å². The molecule has 0 heterocycles. The van der Waals surface area contributed by atoms with Crippen molar-refractivity contribution in [3.63, 3.8) is 0 Å². The summed E-state index contributed by atoms with van der Waals surface area (Å²) in [6.07, 6.45) is 11.3. The first-order valence-electron chi connectivity index (χ1n) is 6.55. The molecule has 18 heavy (non-hydrogen) atoms. The second-order valence-corrected chi connectivity index (χ2v) is 4.36. The number of rotatable bonds is 7. The summed E-state index contributed by atoms with van der Waals surface area (Å²) in [7, 11) is 2.09. The molecule has 0 aromatic carbocycles. The predicted octanol–water partition coefficient (Wildman–Crippen LogP) is 4.87. The minimum Gasteiger partial charge on any atom is -0.368 e. The SMILES string of the molecule is C=C/C(=C/C)N(C)C(C)C(/C=C\C)=C/C(=C)CC. The number of hydrogen-bond acceptors (Lipinski definition) is 1. The van der Waals surface area contributed by atoms with Gasteiger partial charge in [0.2, 0.25) is 0 Å². The summed E-state index contributed by atoms with van der Waals surface area (Å²) < 4.78 is 0. The highest BCUT2D eigenvalue weighted by Gasteiger charge is 2.13. The van der Waals surface area contributed by atoms with Gasteiger partial charge in [-0.1, -0.05) is 50.0 Å². The number of allylic oxidation sites excluding steroid dienone is 5. The summed E-state index contributed by atoms with van der Waals surface area (Å²) in [5.74, 6) is 0. The number of nitrogens with zero attached hydrogens (tertiary/aromatic N) is 1. The van der Waals surface area contributed by atoms with E-state index in [0.717, 1.165) is 17.7 Å². The topological polar surface area (TPSA) is 3.24 Å². The Bertz CT molecular complexity index is 369. The molecule has 0 rings (SSSR count). The van der Waals surface area contributed by atoms with E-state index in [4.69, 9.17) is 0 Å². The molecular weight excluding hydrogens is 218 g/mol. The predicted molar refractivity (Wildman–Crippen MR) is 83.5 cm³/mol. The Labute approximate surface area is 113 Å². The first-order valence-corrected chi connectivity index (χ1v) is 6.55. The van der Waals surface area contributed by atoms with Gasteiger partial charge in [-0.15, -0.1) is 0 Å². The lowest BCUT2D eigenvalue weighted by Crippen LogP contribution is -2.29. The molecular formula is C17H27N. The largest absolute Gasteiger partial charge is 0.368 e. The fourth-order valence-electron chi connectivity index (χ4n) is 1.75. The van der Waals surface area contributed by atoms with Crippen LogP contribution >= 0.6 is 0 Å². The summed E-state index contributed by atoms with van der Waals surface area (Å²) in [6.45, 7) is 16.3. The van der Waals surface area contributed by atoms with Crippen molar-refractivity contribution in [2.75, 3.05) is 7.05 Å². The van der Waals surface area contributed by atoms with Gasteiger partial charge in [-0.05, 0) is 38.8 Å². The third-order valence-electron chi connectivity index (χ3n) is 3.16. The van der Waals surface area contributed by atoms with Crippen LogP contribution in [0.25, 0.3) is 0 Å². The first-order chi connectivity index (χ1) is 8.51. The van der Waals surface area contributed by atoms with Crippen molar-refractivity contribution in [2.24, 2.45) is 0 Å². The Kier molecular flexibility index (Phi) is 7.86. The van der Waals surface area contributed by atoms with Crippen LogP contribution in [-0.4, -0.2) is 18.0 Å². The van der Waals surface area contributed by atoms with E-state index >= 15 is 0 Å². The Balaban J connectivity index is 5.21. The van der Waals surface area contributed by atoms with E-state index < -0.39 is 0 Å². The van der Waals surface area contributed by atoms with Gasteiger partial charge >= 0.3 is 0 Å². The molecule has 0 saturated carbocycles. The molecule has 1 heteroatoms. The van der Waals surface area contributed by atoms with Crippen molar-refractivity contribution in [2.45, 2.75) is 40.2 Å². The van der Waals surface area contributed by atoms with E-state index in [-0.39, 0.29) is 0 Å². The zero-order valence-electron chi connectivity index (χ0n) is 12.5. The second kappa shape index (κ2) is 8.57. The van der Waals surface area contributed by atoms with Crippen LogP contribution in [0.2, 0.25) is 0 Å². The van der Waals surface area contributed by atoms with Crippen molar-refractivity contribution >= 4 is 0 Å². The van der Waals surface area contributed by atoms with E-state index in [0.29, 0.717) is 6.04 Å². The second-order valence-electron chi connectivity index (χ2n) is 4.36. The normalized spacial score (nSPS) is 14.7. The van der Waals surface area contributed by atoms with E-state index in [1.165, 1.54) is 5.57 Å². The summed E-state index contributed by atoms with van der Waals surface area (Å²) in [4.78, 5) is 2.22. The average Bonchev–Trinajstić information content (AvgIpc) is 2.38. The smallest absolute Gasteiger partial charge is 0.0510 e. The van der Waals surface area contributed by atoms with Gasteiger partial charge in [-0.2, -0.15) is 0 Å². The lowest BCUT2D eigenvalue weighted by Gasteiger charge is -2.29. The maximum absolute atomic E-state index is 4.06. The van der Waals surface area contributed by atoms with Crippen molar-refractivity contribution in [1.82, 2.24) is 4.90 Å². The van der Waals surface area contributed by atoms with Crippen molar-refractivity contribution in [3.05, 3.63) is 60.4 Å². The lowest BCUT2D eigenvalue weighted by molar-refractivity contribution is 0.374.